The van der Waals surface area contributed by atoms with Crippen LogP contribution in [0.25, 0.3) is 21.5 Å². The minimum Gasteiger partial charge on any atom is -0.354 e. The molecule has 1 atom stereocenters. The maximum Gasteiger partial charge on any atom is 0.231 e. The Labute approximate surface area is 177 Å². The fraction of sp³-hybridized carbons (Fsp3) is 0.227. The van der Waals surface area contributed by atoms with Crippen LogP contribution in [0.5, 0.6) is 0 Å². The SMILES string of the molecule is O=C(Nc1nc2ccccc2s1)C1CCCN(c2ccc(-c3ccncc3)nn2)C1. The molecule has 0 aliphatic carbocycles. The Balaban J connectivity index is 1.26. The molecule has 150 valence electrons. The van der Waals surface area contributed by atoms with Crippen LogP contribution in [-0.2, 0) is 4.79 Å². The molecule has 0 saturated carbocycles. The second-order valence-corrected chi connectivity index (χ2v) is 8.30. The summed E-state index contributed by atoms with van der Waals surface area (Å²) in [7, 11) is 0. The van der Waals surface area contributed by atoms with E-state index >= 15 is 0 Å². The number of rotatable bonds is 4. The van der Waals surface area contributed by atoms with Gasteiger partial charge in [0.1, 0.15) is 0 Å². The summed E-state index contributed by atoms with van der Waals surface area (Å²) in [4.78, 5) is 23.5. The number of nitrogens with zero attached hydrogens (tertiary/aromatic N) is 5. The number of benzene rings is 1. The van der Waals surface area contributed by atoms with E-state index < -0.39 is 0 Å². The third-order valence-electron chi connectivity index (χ3n) is 5.27. The van der Waals surface area contributed by atoms with Crippen LogP contribution in [0.3, 0.4) is 0 Å². The van der Waals surface area contributed by atoms with Crippen molar-refractivity contribution in [1.29, 1.82) is 0 Å². The molecule has 4 aromatic rings. The fourth-order valence-electron chi connectivity index (χ4n) is 3.70. The number of amides is 1. The smallest absolute Gasteiger partial charge is 0.231 e. The number of carbonyl (C=O) groups is 1. The first-order chi connectivity index (χ1) is 14.8. The van der Waals surface area contributed by atoms with Crippen LogP contribution in [0.1, 0.15) is 12.8 Å². The Morgan fingerprint density at radius 1 is 1.07 bits per heavy atom. The second-order valence-electron chi connectivity index (χ2n) is 7.27. The Morgan fingerprint density at radius 3 is 2.73 bits per heavy atom. The lowest BCUT2D eigenvalue weighted by atomic mass is 9.97. The van der Waals surface area contributed by atoms with E-state index in [4.69, 9.17) is 0 Å². The quantitative estimate of drug-likeness (QED) is 0.541. The van der Waals surface area contributed by atoms with Crippen LogP contribution in [0.2, 0.25) is 0 Å². The van der Waals surface area contributed by atoms with Crippen molar-refractivity contribution in [1.82, 2.24) is 20.2 Å². The summed E-state index contributed by atoms with van der Waals surface area (Å²) >= 11 is 1.50. The molecular weight excluding hydrogens is 396 g/mol. The number of thiazole rings is 1. The topological polar surface area (TPSA) is 83.9 Å². The molecule has 0 radical (unpaired) electrons. The lowest BCUT2D eigenvalue weighted by Crippen LogP contribution is -2.41. The number of nitrogens with one attached hydrogen (secondary N) is 1. The first-order valence-electron chi connectivity index (χ1n) is 9.92. The summed E-state index contributed by atoms with van der Waals surface area (Å²) in [5.74, 6) is 0.706. The first kappa shape index (κ1) is 18.6. The average molecular weight is 417 g/mol. The monoisotopic (exact) mass is 416 g/mol. The van der Waals surface area contributed by atoms with Crippen molar-refractivity contribution in [2.45, 2.75) is 12.8 Å². The molecule has 1 fully saturated rings. The van der Waals surface area contributed by atoms with Crippen molar-refractivity contribution in [3.63, 3.8) is 0 Å². The van der Waals surface area contributed by atoms with Gasteiger partial charge in [-0.3, -0.25) is 9.78 Å². The van der Waals surface area contributed by atoms with Crippen LogP contribution >= 0.6 is 11.3 Å². The zero-order valence-electron chi connectivity index (χ0n) is 16.2. The van der Waals surface area contributed by atoms with Crippen molar-refractivity contribution in [3.05, 3.63) is 60.9 Å². The predicted octanol–water partition coefficient (Wildman–Crippen LogP) is 4.00. The van der Waals surface area contributed by atoms with Gasteiger partial charge in [0.25, 0.3) is 0 Å². The van der Waals surface area contributed by atoms with Gasteiger partial charge in [0, 0.05) is 31.0 Å². The molecule has 1 aliphatic rings. The number of carbonyl (C=O) groups excluding carboxylic acids is 1. The summed E-state index contributed by atoms with van der Waals surface area (Å²) in [5, 5.41) is 12.4. The number of fused-ring (bicyclic) bond motifs is 1. The third-order valence-corrected chi connectivity index (χ3v) is 6.22. The van der Waals surface area contributed by atoms with E-state index in [9.17, 15) is 4.79 Å². The molecule has 1 aliphatic heterocycles. The standard InChI is InChI=1S/C22H20N6OS/c29-21(25-22-24-18-5-1-2-6-19(18)30-22)16-4-3-13-28(14-16)20-8-7-17(26-27-20)15-9-11-23-12-10-15/h1-2,5-12,16H,3-4,13-14H2,(H,24,25,29). The van der Waals surface area contributed by atoms with E-state index in [1.54, 1.807) is 12.4 Å². The molecule has 1 amide bonds. The van der Waals surface area contributed by atoms with E-state index in [2.05, 4.69) is 30.4 Å². The number of pyridine rings is 1. The summed E-state index contributed by atoms with van der Waals surface area (Å²) in [6, 6.07) is 15.6. The molecule has 0 bridgehead atoms. The van der Waals surface area contributed by atoms with E-state index in [0.29, 0.717) is 11.7 Å². The molecule has 3 aromatic heterocycles. The number of aromatic nitrogens is 4. The molecule has 8 heteroatoms. The average Bonchev–Trinajstić information content (AvgIpc) is 3.22. The van der Waals surface area contributed by atoms with Crippen LogP contribution in [-0.4, -0.2) is 39.2 Å². The van der Waals surface area contributed by atoms with Gasteiger partial charge in [-0.05, 0) is 49.2 Å². The minimum absolute atomic E-state index is 0.0140. The van der Waals surface area contributed by atoms with Crippen molar-refractivity contribution < 1.29 is 4.79 Å². The van der Waals surface area contributed by atoms with Crippen LogP contribution in [0.4, 0.5) is 10.9 Å². The van der Waals surface area contributed by atoms with Gasteiger partial charge in [-0.25, -0.2) is 4.98 Å². The molecule has 5 rings (SSSR count). The molecule has 7 nitrogen and oxygen atoms in total. The highest BCUT2D eigenvalue weighted by Gasteiger charge is 2.27. The normalized spacial score (nSPS) is 16.5. The lowest BCUT2D eigenvalue weighted by molar-refractivity contribution is -0.120. The molecule has 1 unspecified atom stereocenters. The van der Waals surface area contributed by atoms with Gasteiger partial charge < -0.3 is 10.2 Å². The maximum absolute atomic E-state index is 12.8. The van der Waals surface area contributed by atoms with Gasteiger partial charge in [0.2, 0.25) is 5.91 Å². The molecule has 0 spiro atoms. The predicted molar refractivity (Wildman–Crippen MR) is 118 cm³/mol. The molecule has 1 aromatic carbocycles. The van der Waals surface area contributed by atoms with Crippen molar-refractivity contribution in [2.24, 2.45) is 5.92 Å². The van der Waals surface area contributed by atoms with E-state index in [-0.39, 0.29) is 11.8 Å². The van der Waals surface area contributed by atoms with Crippen molar-refractivity contribution >= 4 is 38.4 Å². The highest BCUT2D eigenvalue weighted by molar-refractivity contribution is 7.22. The number of hydrogen-bond donors (Lipinski definition) is 1. The summed E-state index contributed by atoms with van der Waals surface area (Å²) in [5.41, 5.74) is 2.70. The van der Waals surface area contributed by atoms with Gasteiger partial charge in [0.05, 0.1) is 21.8 Å². The Bertz CT molecular complexity index is 1130. The summed E-state index contributed by atoms with van der Waals surface area (Å²) in [6.45, 7) is 1.49. The number of anilines is 2. The highest BCUT2D eigenvalue weighted by Crippen LogP contribution is 2.28. The zero-order valence-corrected chi connectivity index (χ0v) is 17.0. The van der Waals surface area contributed by atoms with Gasteiger partial charge in [-0.15, -0.1) is 10.2 Å². The summed E-state index contributed by atoms with van der Waals surface area (Å²) < 4.78 is 1.07. The van der Waals surface area contributed by atoms with Gasteiger partial charge >= 0.3 is 0 Å². The highest BCUT2D eigenvalue weighted by atomic mass is 32.1. The Morgan fingerprint density at radius 2 is 1.93 bits per heavy atom. The van der Waals surface area contributed by atoms with Gasteiger partial charge in [0.15, 0.2) is 10.9 Å². The number of piperidine rings is 1. The van der Waals surface area contributed by atoms with Crippen LogP contribution in [0.15, 0.2) is 60.9 Å². The molecule has 1 N–H and O–H groups in total. The van der Waals surface area contributed by atoms with Crippen LogP contribution < -0.4 is 10.2 Å². The Kier molecular flexibility index (Phi) is 5.06. The Hall–Kier alpha value is -3.39. The van der Waals surface area contributed by atoms with E-state index in [1.807, 2.05) is 48.5 Å². The molecule has 1 saturated heterocycles. The zero-order chi connectivity index (χ0) is 20.3. The largest absolute Gasteiger partial charge is 0.354 e. The number of hydrogen-bond acceptors (Lipinski definition) is 7. The fourth-order valence-corrected chi connectivity index (χ4v) is 4.57. The minimum atomic E-state index is -0.104. The molecule has 4 heterocycles. The molecular formula is C22H20N6OS. The lowest BCUT2D eigenvalue weighted by Gasteiger charge is -2.32. The summed E-state index contributed by atoms with van der Waals surface area (Å²) in [6.07, 6.45) is 5.27. The van der Waals surface area contributed by atoms with Crippen molar-refractivity contribution in [2.75, 3.05) is 23.3 Å². The first-order valence-corrected chi connectivity index (χ1v) is 10.7. The third kappa shape index (κ3) is 3.86. The van der Waals surface area contributed by atoms with Crippen LogP contribution in [0, 0.1) is 5.92 Å². The van der Waals surface area contributed by atoms with Gasteiger partial charge in [-0.2, -0.15) is 0 Å². The van der Waals surface area contributed by atoms with E-state index in [0.717, 1.165) is 46.7 Å². The molecule has 30 heavy (non-hydrogen) atoms. The number of para-hydroxylation sites is 1. The second kappa shape index (κ2) is 8.16. The maximum atomic E-state index is 12.8. The van der Waals surface area contributed by atoms with Gasteiger partial charge in [-0.1, -0.05) is 23.5 Å². The van der Waals surface area contributed by atoms with Crippen molar-refractivity contribution in [3.8, 4) is 11.3 Å². The van der Waals surface area contributed by atoms with E-state index in [1.165, 1.54) is 11.3 Å².